The molecule has 29 heavy (non-hydrogen) atoms. The predicted octanol–water partition coefficient (Wildman–Crippen LogP) is 2.00. The Morgan fingerprint density at radius 3 is 2.38 bits per heavy atom. The number of anilines is 2. The number of phenolic OH excluding ortho intramolecular Hbond substituents is 1. The highest BCUT2D eigenvalue weighted by molar-refractivity contribution is 6.01. The number of fused-ring (bicyclic) bond motifs is 1. The SMILES string of the molecule is CN(C)c1cc(C(=O)O)nc2c(-c3ccc(O)cc3)nc(N3CCOCC3)nc12. The lowest BCUT2D eigenvalue weighted by Crippen LogP contribution is -2.37. The van der Waals surface area contributed by atoms with Crippen LogP contribution in [0.25, 0.3) is 22.3 Å². The molecule has 1 fully saturated rings. The van der Waals surface area contributed by atoms with Crippen molar-refractivity contribution >= 4 is 28.6 Å². The Morgan fingerprint density at radius 2 is 1.76 bits per heavy atom. The average molecular weight is 395 g/mol. The van der Waals surface area contributed by atoms with E-state index in [9.17, 15) is 15.0 Å². The molecule has 1 aromatic carbocycles. The highest BCUT2D eigenvalue weighted by atomic mass is 16.5. The molecule has 1 aliphatic rings. The van der Waals surface area contributed by atoms with Crippen molar-refractivity contribution in [2.24, 2.45) is 0 Å². The standard InChI is InChI=1S/C20H21N5O4/c1-24(2)15-11-14(19(27)28)21-18-16(12-3-5-13(26)6-4-12)22-20(23-17(15)18)25-7-9-29-10-8-25/h3-6,11,26H,7-10H2,1-2H3,(H,27,28). The molecular formula is C20H21N5O4. The zero-order valence-electron chi connectivity index (χ0n) is 16.2. The summed E-state index contributed by atoms with van der Waals surface area (Å²) < 4.78 is 5.43. The Bertz CT molecular complexity index is 1060. The minimum atomic E-state index is -1.12. The lowest BCUT2D eigenvalue weighted by molar-refractivity contribution is 0.0691. The summed E-state index contributed by atoms with van der Waals surface area (Å²) in [6, 6.07) is 8.09. The number of hydrogen-bond donors (Lipinski definition) is 2. The lowest BCUT2D eigenvalue weighted by atomic mass is 10.1. The molecule has 0 radical (unpaired) electrons. The third kappa shape index (κ3) is 3.64. The first-order valence-corrected chi connectivity index (χ1v) is 9.19. The molecule has 3 aromatic rings. The van der Waals surface area contributed by atoms with Gasteiger partial charge >= 0.3 is 5.97 Å². The number of rotatable bonds is 4. The van der Waals surface area contributed by atoms with Crippen molar-refractivity contribution in [1.29, 1.82) is 0 Å². The molecule has 4 rings (SSSR count). The van der Waals surface area contributed by atoms with Gasteiger partial charge in [-0.2, -0.15) is 0 Å². The number of aromatic carboxylic acids is 1. The van der Waals surface area contributed by atoms with E-state index < -0.39 is 5.97 Å². The van der Waals surface area contributed by atoms with Crippen LogP contribution in [0.4, 0.5) is 11.6 Å². The van der Waals surface area contributed by atoms with E-state index >= 15 is 0 Å². The maximum absolute atomic E-state index is 11.6. The van der Waals surface area contributed by atoms with E-state index in [-0.39, 0.29) is 11.4 Å². The van der Waals surface area contributed by atoms with Crippen molar-refractivity contribution in [1.82, 2.24) is 15.0 Å². The maximum Gasteiger partial charge on any atom is 0.354 e. The van der Waals surface area contributed by atoms with Gasteiger partial charge in [-0.3, -0.25) is 0 Å². The zero-order valence-corrected chi connectivity index (χ0v) is 16.2. The number of nitrogens with zero attached hydrogens (tertiary/aromatic N) is 5. The number of phenols is 1. The molecule has 1 aliphatic heterocycles. The summed E-state index contributed by atoms with van der Waals surface area (Å²) in [5.41, 5.74) is 2.76. The number of aromatic nitrogens is 3. The number of ether oxygens (including phenoxy) is 1. The third-order valence-corrected chi connectivity index (χ3v) is 4.76. The first kappa shape index (κ1) is 18.9. The number of benzene rings is 1. The molecule has 0 amide bonds. The van der Waals surface area contributed by atoms with Crippen molar-refractivity contribution in [2.75, 3.05) is 50.2 Å². The Balaban J connectivity index is 2.02. The summed E-state index contributed by atoms with van der Waals surface area (Å²) in [4.78, 5) is 29.3. The van der Waals surface area contributed by atoms with E-state index in [1.165, 1.54) is 6.07 Å². The number of morpholine rings is 1. The van der Waals surface area contributed by atoms with E-state index in [0.717, 1.165) is 0 Å². The first-order chi connectivity index (χ1) is 13.9. The van der Waals surface area contributed by atoms with Crippen molar-refractivity contribution in [2.45, 2.75) is 0 Å². The van der Waals surface area contributed by atoms with Gasteiger partial charge in [0.25, 0.3) is 0 Å². The molecule has 0 atom stereocenters. The number of carbonyl (C=O) groups is 1. The van der Waals surface area contributed by atoms with Gasteiger partial charge in [0.15, 0.2) is 5.69 Å². The molecule has 9 nitrogen and oxygen atoms in total. The first-order valence-electron chi connectivity index (χ1n) is 9.19. The number of hydrogen-bond acceptors (Lipinski definition) is 8. The lowest BCUT2D eigenvalue weighted by Gasteiger charge is -2.28. The summed E-state index contributed by atoms with van der Waals surface area (Å²) in [5, 5.41) is 19.2. The van der Waals surface area contributed by atoms with Crippen LogP contribution in [0.1, 0.15) is 10.5 Å². The summed E-state index contributed by atoms with van der Waals surface area (Å²) in [5.74, 6) is -0.450. The minimum Gasteiger partial charge on any atom is -0.508 e. The largest absolute Gasteiger partial charge is 0.508 e. The van der Waals surface area contributed by atoms with Gasteiger partial charge in [-0.15, -0.1) is 0 Å². The smallest absolute Gasteiger partial charge is 0.354 e. The second-order valence-corrected chi connectivity index (χ2v) is 6.94. The normalized spacial score (nSPS) is 14.2. The van der Waals surface area contributed by atoms with Gasteiger partial charge in [0.2, 0.25) is 5.95 Å². The Kier molecular flexibility index (Phi) is 4.89. The third-order valence-electron chi connectivity index (χ3n) is 4.76. The fourth-order valence-electron chi connectivity index (χ4n) is 3.25. The van der Waals surface area contributed by atoms with Gasteiger partial charge in [0.1, 0.15) is 22.5 Å². The second kappa shape index (κ2) is 7.51. The van der Waals surface area contributed by atoms with Crippen LogP contribution in [-0.4, -0.2) is 71.5 Å². The molecule has 0 bridgehead atoms. The molecule has 0 unspecified atom stereocenters. The van der Waals surface area contributed by atoms with Crippen LogP contribution in [0.2, 0.25) is 0 Å². The van der Waals surface area contributed by atoms with Crippen molar-refractivity contribution in [3.8, 4) is 17.0 Å². The number of aromatic hydroxyl groups is 1. The molecule has 0 saturated carbocycles. The van der Waals surface area contributed by atoms with Crippen molar-refractivity contribution < 1.29 is 19.7 Å². The van der Waals surface area contributed by atoms with Gasteiger partial charge in [0, 0.05) is 32.7 Å². The summed E-state index contributed by atoms with van der Waals surface area (Å²) in [6.45, 7) is 2.51. The van der Waals surface area contributed by atoms with Gasteiger partial charge in [-0.05, 0) is 30.3 Å². The van der Waals surface area contributed by atoms with Crippen LogP contribution in [0, 0.1) is 0 Å². The quantitative estimate of drug-likeness (QED) is 0.685. The molecule has 3 heterocycles. The van der Waals surface area contributed by atoms with Gasteiger partial charge < -0.3 is 24.7 Å². The fourth-order valence-corrected chi connectivity index (χ4v) is 3.25. The molecular weight excluding hydrogens is 374 g/mol. The van der Waals surface area contributed by atoms with Crippen LogP contribution in [0.15, 0.2) is 30.3 Å². The molecule has 2 N–H and O–H groups in total. The number of pyridine rings is 1. The highest BCUT2D eigenvalue weighted by Crippen LogP contribution is 2.33. The van der Waals surface area contributed by atoms with Gasteiger partial charge in [-0.25, -0.2) is 19.7 Å². The van der Waals surface area contributed by atoms with Crippen molar-refractivity contribution in [3.05, 3.63) is 36.0 Å². The summed E-state index contributed by atoms with van der Waals surface area (Å²) >= 11 is 0. The van der Waals surface area contributed by atoms with Crippen LogP contribution in [-0.2, 0) is 4.74 Å². The van der Waals surface area contributed by atoms with Crippen LogP contribution in [0.5, 0.6) is 5.75 Å². The predicted molar refractivity (Wildman–Crippen MR) is 109 cm³/mol. The molecule has 150 valence electrons. The van der Waals surface area contributed by atoms with E-state index in [2.05, 4.69) is 4.98 Å². The molecule has 1 saturated heterocycles. The van der Waals surface area contributed by atoms with E-state index in [4.69, 9.17) is 14.7 Å². The van der Waals surface area contributed by atoms with Gasteiger partial charge in [-0.1, -0.05) is 0 Å². The molecule has 0 spiro atoms. The molecule has 2 aromatic heterocycles. The van der Waals surface area contributed by atoms with E-state index in [1.54, 1.807) is 24.3 Å². The van der Waals surface area contributed by atoms with Gasteiger partial charge in [0.05, 0.1) is 18.9 Å². The topological polar surface area (TPSA) is 112 Å². The number of carboxylic acid groups (broad SMARTS) is 1. The molecule has 0 aliphatic carbocycles. The Morgan fingerprint density at radius 1 is 1.07 bits per heavy atom. The highest BCUT2D eigenvalue weighted by Gasteiger charge is 2.22. The Hall–Kier alpha value is -3.46. The van der Waals surface area contributed by atoms with E-state index in [0.29, 0.717) is 60.2 Å². The van der Waals surface area contributed by atoms with Crippen LogP contribution >= 0.6 is 0 Å². The van der Waals surface area contributed by atoms with Crippen LogP contribution < -0.4 is 9.80 Å². The average Bonchev–Trinajstić information content (AvgIpc) is 2.73. The Labute approximate surface area is 167 Å². The number of carboxylic acids is 1. The second-order valence-electron chi connectivity index (χ2n) is 6.94. The van der Waals surface area contributed by atoms with Crippen LogP contribution in [0.3, 0.4) is 0 Å². The van der Waals surface area contributed by atoms with Crippen molar-refractivity contribution in [3.63, 3.8) is 0 Å². The minimum absolute atomic E-state index is 0.0797. The monoisotopic (exact) mass is 395 g/mol. The zero-order chi connectivity index (χ0) is 20.5. The maximum atomic E-state index is 11.6. The summed E-state index contributed by atoms with van der Waals surface area (Å²) in [6.07, 6.45) is 0. The summed E-state index contributed by atoms with van der Waals surface area (Å²) in [7, 11) is 3.66. The molecule has 9 heteroatoms. The van der Waals surface area contributed by atoms with E-state index in [1.807, 2.05) is 23.9 Å². The fraction of sp³-hybridized carbons (Fsp3) is 0.300.